The Morgan fingerprint density at radius 2 is 1.63 bits per heavy atom. The number of benzene rings is 3. The lowest BCUT2D eigenvalue weighted by atomic mass is 9.87. The van der Waals surface area contributed by atoms with Crippen LogP contribution in [0.25, 0.3) is 11.1 Å². The van der Waals surface area contributed by atoms with Crippen LogP contribution < -0.4 is 9.47 Å². The Kier molecular flexibility index (Phi) is 7.09. The summed E-state index contributed by atoms with van der Waals surface area (Å²) in [7, 11) is 0. The van der Waals surface area contributed by atoms with Crippen molar-refractivity contribution in [1.82, 2.24) is 0 Å². The first-order valence-corrected chi connectivity index (χ1v) is 12.6. The second-order valence-electron chi connectivity index (χ2n) is 9.61. The Morgan fingerprint density at radius 1 is 0.886 bits per heavy atom. The number of hydrogen-bond acceptors (Lipinski definition) is 5. The van der Waals surface area contributed by atoms with E-state index in [0.29, 0.717) is 26.1 Å². The zero-order valence-corrected chi connectivity index (χ0v) is 20.5. The fourth-order valence-electron chi connectivity index (χ4n) is 5.11. The molecule has 1 saturated heterocycles. The topological polar surface area (TPSA) is 68.2 Å². The molecule has 2 aliphatic rings. The zero-order chi connectivity index (χ0) is 24.4. The lowest BCUT2D eigenvalue weighted by Gasteiger charge is -2.33. The maximum Gasteiger partial charge on any atom is 0.161 e. The SMILES string of the molecule is CCc1ccc(Cc2cc(C3CC(O)CC(CO)O3)cc(-c3ccc4c(c3)OCCO4)c2C)cc1. The van der Waals surface area contributed by atoms with Gasteiger partial charge in [0.15, 0.2) is 11.5 Å². The Bertz CT molecular complexity index is 1170. The van der Waals surface area contributed by atoms with Gasteiger partial charge in [0.2, 0.25) is 0 Å². The van der Waals surface area contributed by atoms with Crippen LogP contribution >= 0.6 is 0 Å². The Morgan fingerprint density at radius 3 is 2.37 bits per heavy atom. The van der Waals surface area contributed by atoms with Crippen LogP contribution in [-0.2, 0) is 17.6 Å². The van der Waals surface area contributed by atoms with Crippen LogP contribution in [0.4, 0.5) is 0 Å². The first-order chi connectivity index (χ1) is 17.0. The number of rotatable bonds is 6. The van der Waals surface area contributed by atoms with Crippen molar-refractivity contribution in [2.75, 3.05) is 19.8 Å². The lowest BCUT2D eigenvalue weighted by molar-refractivity contribution is -0.113. The maximum absolute atomic E-state index is 10.4. The molecule has 2 aliphatic heterocycles. The van der Waals surface area contributed by atoms with E-state index in [2.05, 4.69) is 56.3 Å². The molecule has 5 heteroatoms. The molecule has 5 rings (SSSR count). The highest BCUT2D eigenvalue weighted by Gasteiger charge is 2.30. The fraction of sp³-hybridized carbons (Fsp3) is 0.400. The van der Waals surface area contributed by atoms with Crippen molar-refractivity contribution in [3.05, 3.63) is 82.4 Å². The summed E-state index contributed by atoms with van der Waals surface area (Å²) >= 11 is 0. The number of aryl methyl sites for hydroxylation is 1. The third kappa shape index (κ3) is 5.22. The molecular formula is C30H34O5. The molecule has 3 unspecified atom stereocenters. The molecule has 0 aliphatic carbocycles. The molecule has 0 amide bonds. The second-order valence-corrected chi connectivity index (χ2v) is 9.61. The van der Waals surface area contributed by atoms with Gasteiger partial charge in [-0.15, -0.1) is 0 Å². The van der Waals surface area contributed by atoms with Crippen molar-refractivity contribution >= 4 is 0 Å². The first-order valence-electron chi connectivity index (χ1n) is 12.6. The predicted molar refractivity (Wildman–Crippen MR) is 136 cm³/mol. The monoisotopic (exact) mass is 474 g/mol. The Hall–Kier alpha value is -2.86. The van der Waals surface area contributed by atoms with Gasteiger partial charge >= 0.3 is 0 Å². The van der Waals surface area contributed by atoms with E-state index in [0.717, 1.165) is 41.0 Å². The molecule has 3 atom stereocenters. The van der Waals surface area contributed by atoms with Gasteiger partial charge in [-0.25, -0.2) is 0 Å². The van der Waals surface area contributed by atoms with Crippen LogP contribution in [-0.4, -0.2) is 42.2 Å². The van der Waals surface area contributed by atoms with E-state index in [1.54, 1.807) is 0 Å². The van der Waals surface area contributed by atoms with Crippen LogP contribution in [0, 0.1) is 6.92 Å². The smallest absolute Gasteiger partial charge is 0.161 e. The van der Waals surface area contributed by atoms with Gasteiger partial charge in [0.25, 0.3) is 0 Å². The van der Waals surface area contributed by atoms with Crippen LogP contribution in [0.5, 0.6) is 11.5 Å². The van der Waals surface area contributed by atoms with Gasteiger partial charge < -0.3 is 24.4 Å². The predicted octanol–water partition coefficient (Wildman–Crippen LogP) is 5.16. The van der Waals surface area contributed by atoms with Gasteiger partial charge in [0.05, 0.1) is 24.9 Å². The molecule has 35 heavy (non-hydrogen) atoms. The summed E-state index contributed by atoms with van der Waals surface area (Å²) in [5, 5.41) is 20.1. The van der Waals surface area contributed by atoms with Crippen LogP contribution in [0.3, 0.4) is 0 Å². The molecule has 5 nitrogen and oxygen atoms in total. The van der Waals surface area contributed by atoms with Crippen LogP contribution in [0.15, 0.2) is 54.6 Å². The normalized spacial score (nSPS) is 21.7. The summed E-state index contributed by atoms with van der Waals surface area (Å²) in [6, 6.07) is 19.3. The van der Waals surface area contributed by atoms with Crippen molar-refractivity contribution in [2.24, 2.45) is 0 Å². The van der Waals surface area contributed by atoms with E-state index in [9.17, 15) is 10.2 Å². The molecular weight excluding hydrogens is 440 g/mol. The number of aliphatic hydroxyl groups excluding tert-OH is 2. The minimum absolute atomic E-state index is 0.0922. The summed E-state index contributed by atoms with van der Waals surface area (Å²) in [6.45, 7) is 5.35. The van der Waals surface area contributed by atoms with E-state index >= 15 is 0 Å². The average Bonchev–Trinajstić information content (AvgIpc) is 2.89. The molecule has 3 aromatic carbocycles. The summed E-state index contributed by atoms with van der Waals surface area (Å²) in [5.41, 5.74) is 8.22. The highest BCUT2D eigenvalue weighted by Crippen LogP contribution is 2.40. The van der Waals surface area contributed by atoms with Gasteiger partial charge in [0, 0.05) is 12.8 Å². The molecule has 2 N–H and O–H groups in total. The summed E-state index contributed by atoms with van der Waals surface area (Å²) < 4.78 is 17.8. The molecule has 184 valence electrons. The van der Waals surface area contributed by atoms with E-state index in [1.165, 1.54) is 22.3 Å². The third-order valence-electron chi connectivity index (χ3n) is 7.17. The fourth-order valence-corrected chi connectivity index (χ4v) is 5.11. The lowest BCUT2D eigenvalue weighted by Crippen LogP contribution is -2.33. The van der Waals surface area contributed by atoms with E-state index in [4.69, 9.17) is 14.2 Å². The van der Waals surface area contributed by atoms with Crippen molar-refractivity contribution in [3.63, 3.8) is 0 Å². The largest absolute Gasteiger partial charge is 0.486 e. The van der Waals surface area contributed by atoms with Gasteiger partial charge in [-0.1, -0.05) is 43.3 Å². The first kappa shape index (κ1) is 23.9. The van der Waals surface area contributed by atoms with Gasteiger partial charge in [-0.3, -0.25) is 0 Å². The zero-order valence-electron chi connectivity index (χ0n) is 20.5. The van der Waals surface area contributed by atoms with Crippen molar-refractivity contribution < 1.29 is 24.4 Å². The maximum atomic E-state index is 10.4. The van der Waals surface area contributed by atoms with Crippen LogP contribution in [0.1, 0.15) is 53.7 Å². The van der Waals surface area contributed by atoms with Gasteiger partial charge in [-0.2, -0.15) is 0 Å². The van der Waals surface area contributed by atoms with Crippen molar-refractivity contribution in [3.8, 4) is 22.6 Å². The van der Waals surface area contributed by atoms with Crippen LogP contribution in [0.2, 0.25) is 0 Å². The Balaban J connectivity index is 1.57. The molecule has 0 saturated carbocycles. The third-order valence-corrected chi connectivity index (χ3v) is 7.17. The summed E-state index contributed by atoms with van der Waals surface area (Å²) in [4.78, 5) is 0. The molecule has 2 heterocycles. The quantitative estimate of drug-likeness (QED) is 0.517. The van der Waals surface area contributed by atoms with Gasteiger partial charge in [0.1, 0.15) is 13.2 Å². The van der Waals surface area contributed by atoms with E-state index < -0.39 is 6.10 Å². The van der Waals surface area contributed by atoms with Crippen molar-refractivity contribution in [1.29, 1.82) is 0 Å². The highest BCUT2D eigenvalue weighted by atomic mass is 16.6. The van der Waals surface area contributed by atoms with E-state index in [-0.39, 0.29) is 18.8 Å². The number of aliphatic hydroxyl groups is 2. The number of ether oxygens (including phenoxy) is 3. The molecule has 0 spiro atoms. The molecule has 1 fully saturated rings. The standard InChI is InChI=1S/C30H34O5/c1-3-20-4-6-21(7-5-20)12-23-13-24(29-17-25(32)16-26(18-31)35-29)14-27(19(23)2)22-8-9-28-30(15-22)34-11-10-33-28/h4-9,13-15,25-26,29,31-32H,3,10-12,16-18H2,1-2H3. The minimum Gasteiger partial charge on any atom is -0.486 e. The molecule has 0 radical (unpaired) electrons. The minimum atomic E-state index is -0.491. The Labute approximate surface area is 207 Å². The van der Waals surface area contributed by atoms with Crippen molar-refractivity contribution in [2.45, 2.75) is 57.8 Å². The van der Waals surface area contributed by atoms with E-state index in [1.807, 2.05) is 12.1 Å². The summed E-state index contributed by atoms with van der Waals surface area (Å²) in [6.07, 6.45) is 1.70. The highest BCUT2D eigenvalue weighted by molar-refractivity contribution is 5.72. The molecule has 3 aromatic rings. The average molecular weight is 475 g/mol. The summed E-state index contributed by atoms with van der Waals surface area (Å²) in [5.74, 6) is 1.54. The number of hydrogen-bond donors (Lipinski definition) is 2. The second kappa shape index (κ2) is 10.4. The number of fused-ring (bicyclic) bond motifs is 1. The molecule has 0 aromatic heterocycles. The molecule has 0 bridgehead atoms. The van der Waals surface area contributed by atoms with Gasteiger partial charge in [-0.05, 0) is 76.9 Å².